The average molecular weight is 417 g/mol. The highest BCUT2D eigenvalue weighted by molar-refractivity contribution is 5.77. The molecule has 158 valence electrons. The molecule has 3 aromatic heterocycles. The zero-order valence-corrected chi connectivity index (χ0v) is 17.3. The van der Waals surface area contributed by atoms with Crippen LogP contribution in [0.15, 0.2) is 47.4 Å². The molecule has 4 aromatic rings. The molecule has 4 heterocycles. The summed E-state index contributed by atoms with van der Waals surface area (Å²) in [6.45, 7) is 3.79. The number of para-hydroxylation sites is 1. The van der Waals surface area contributed by atoms with E-state index < -0.39 is 0 Å². The number of benzene rings is 1. The maximum atomic E-state index is 13.0. The Bertz CT molecular complexity index is 1220. The van der Waals surface area contributed by atoms with Crippen molar-refractivity contribution in [2.45, 2.75) is 38.6 Å². The van der Waals surface area contributed by atoms with Crippen molar-refractivity contribution in [2.75, 3.05) is 13.1 Å². The summed E-state index contributed by atoms with van der Waals surface area (Å²) in [5.41, 5.74) is 4.35. The summed E-state index contributed by atoms with van der Waals surface area (Å²) in [6.07, 6.45) is 5.60. The van der Waals surface area contributed by atoms with Gasteiger partial charge in [-0.15, -0.1) is 5.10 Å². The third kappa shape index (κ3) is 3.90. The van der Waals surface area contributed by atoms with Gasteiger partial charge < -0.3 is 9.42 Å². The van der Waals surface area contributed by atoms with Gasteiger partial charge in [-0.05, 0) is 31.9 Å². The van der Waals surface area contributed by atoms with Gasteiger partial charge in [0.1, 0.15) is 11.8 Å². The summed E-state index contributed by atoms with van der Waals surface area (Å²) in [5.74, 6) is 0.915. The topological polar surface area (TPSA) is 103 Å². The number of aryl methyl sites for hydroxylation is 2. The largest absolute Gasteiger partial charge is 0.356 e. The molecular formula is C22H23N7O2. The molecule has 0 saturated carbocycles. The first-order valence-corrected chi connectivity index (χ1v) is 10.5. The predicted molar refractivity (Wildman–Crippen MR) is 113 cm³/mol. The summed E-state index contributed by atoms with van der Waals surface area (Å²) < 4.78 is 7.24. The molecule has 1 atom stereocenters. The molecule has 0 bridgehead atoms. The minimum absolute atomic E-state index is 0.121. The van der Waals surface area contributed by atoms with E-state index in [1.165, 1.54) is 0 Å². The van der Waals surface area contributed by atoms with Crippen LogP contribution in [-0.4, -0.2) is 54.0 Å². The SMILES string of the molecule is Cc1cc(-c2cncnc2C2CCCN(C(=O)CCn3nnc4ccccc43)C2)on1. The summed E-state index contributed by atoms with van der Waals surface area (Å²) in [5, 5.41) is 12.3. The zero-order chi connectivity index (χ0) is 21.2. The molecule has 1 fully saturated rings. The molecule has 1 aromatic carbocycles. The van der Waals surface area contributed by atoms with Crippen LogP contribution in [0.4, 0.5) is 0 Å². The van der Waals surface area contributed by atoms with E-state index >= 15 is 0 Å². The van der Waals surface area contributed by atoms with Crippen molar-refractivity contribution in [2.24, 2.45) is 0 Å². The van der Waals surface area contributed by atoms with E-state index in [0.717, 1.165) is 47.4 Å². The van der Waals surface area contributed by atoms with Crippen molar-refractivity contribution in [3.05, 3.63) is 54.2 Å². The monoisotopic (exact) mass is 417 g/mol. The number of amides is 1. The third-order valence-electron chi connectivity index (χ3n) is 5.76. The first-order chi connectivity index (χ1) is 15.2. The van der Waals surface area contributed by atoms with Crippen molar-refractivity contribution in [3.8, 4) is 11.3 Å². The highest BCUT2D eigenvalue weighted by atomic mass is 16.5. The number of hydrogen-bond donors (Lipinski definition) is 0. The quantitative estimate of drug-likeness (QED) is 0.492. The van der Waals surface area contributed by atoms with Gasteiger partial charge in [0.25, 0.3) is 0 Å². The molecule has 31 heavy (non-hydrogen) atoms. The molecule has 5 rings (SSSR count). The molecule has 0 aliphatic carbocycles. The van der Waals surface area contributed by atoms with Crippen LogP contribution in [0, 0.1) is 6.92 Å². The van der Waals surface area contributed by atoms with Crippen LogP contribution in [0.25, 0.3) is 22.4 Å². The number of carbonyl (C=O) groups excluding carboxylic acids is 1. The summed E-state index contributed by atoms with van der Waals surface area (Å²) in [4.78, 5) is 23.6. The molecule has 1 unspecified atom stereocenters. The summed E-state index contributed by atoms with van der Waals surface area (Å²) >= 11 is 0. The van der Waals surface area contributed by atoms with E-state index in [9.17, 15) is 4.79 Å². The molecule has 0 radical (unpaired) electrons. The first kappa shape index (κ1) is 19.3. The van der Waals surface area contributed by atoms with Gasteiger partial charge in [-0.25, -0.2) is 14.6 Å². The van der Waals surface area contributed by atoms with Crippen LogP contribution in [0.2, 0.25) is 0 Å². The Labute approximate surface area is 179 Å². The van der Waals surface area contributed by atoms with Crippen LogP contribution in [0.3, 0.4) is 0 Å². The number of hydrogen-bond acceptors (Lipinski definition) is 7. The Hall–Kier alpha value is -3.62. The Morgan fingerprint density at radius 1 is 1.29 bits per heavy atom. The fourth-order valence-electron chi connectivity index (χ4n) is 4.21. The normalized spacial score (nSPS) is 16.7. The third-order valence-corrected chi connectivity index (χ3v) is 5.76. The van der Waals surface area contributed by atoms with Crippen LogP contribution in [-0.2, 0) is 11.3 Å². The number of nitrogens with zero attached hydrogens (tertiary/aromatic N) is 7. The van der Waals surface area contributed by atoms with Crippen molar-refractivity contribution < 1.29 is 9.32 Å². The van der Waals surface area contributed by atoms with E-state index in [4.69, 9.17) is 4.52 Å². The minimum atomic E-state index is 0.121. The number of likely N-dealkylation sites (tertiary alicyclic amines) is 1. The summed E-state index contributed by atoms with van der Waals surface area (Å²) in [7, 11) is 0. The fraction of sp³-hybridized carbons (Fsp3) is 0.364. The number of piperidine rings is 1. The Morgan fingerprint density at radius 2 is 2.19 bits per heavy atom. The number of aromatic nitrogens is 6. The number of fused-ring (bicyclic) bond motifs is 1. The molecule has 0 spiro atoms. The number of carbonyl (C=O) groups is 1. The number of rotatable bonds is 5. The van der Waals surface area contributed by atoms with E-state index in [0.29, 0.717) is 25.3 Å². The lowest BCUT2D eigenvalue weighted by atomic mass is 9.91. The molecule has 1 aliphatic rings. The van der Waals surface area contributed by atoms with Gasteiger partial charge in [0.05, 0.1) is 29.0 Å². The Kier molecular flexibility index (Phi) is 5.15. The second kappa shape index (κ2) is 8.25. The van der Waals surface area contributed by atoms with Gasteiger partial charge in [-0.1, -0.05) is 22.5 Å². The minimum Gasteiger partial charge on any atom is -0.356 e. The Morgan fingerprint density at radius 3 is 3.06 bits per heavy atom. The lowest BCUT2D eigenvalue weighted by Crippen LogP contribution is -2.39. The first-order valence-electron chi connectivity index (χ1n) is 10.5. The Balaban J connectivity index is 1.29. The van der Waals surface area contributed by atoms with E-state index in [2.05, 4.69) is 25.4 Å². The van der Waals surface area contributed by atoms with E-state index in [-0.39, 0.29) is 11.8 Å². The van der Waals surface area contributed by atoms with E-state index in [1.807, 2.05) is 42.2 Å². The standard InChI is InChI=1S/C22H23N7O2/c1-15-11-20(31-26-15)17-12-23-14-24-22(17)16-5-4-9-28(13-16)21(30)8-10-29-19-7-3-2-6-18(19)25-27-29/h2-3,6-7,11-12,14,16H,4-5,8-10,13H2,1H3. The molecule has 1 amide bonds. The average Bonchev–Trinajstić information content (AvgIpc) is 3.44. The van der Waals surface area contributed by atoms with Crippen molar-refractivity contribution in [3.63, 3.8) is 0 Å². The second-order valence-corrected chi connectivity index (χ2v) is 7.88. The molecule has 9 nitrogen and oxygen atoms in total. The van der Waals surface area contributed by atoms with Gasteiger partial charge in [0.2, 0.25) is 5.91 Å². The molecule has 9 heteroatoms. The zero-order valence-electron chi connectivity index (χ0n) is 17.3. The van der Waals surface area contributed by atoms with Crippen LogP contribution < -0.4 is 0 Å². The van der Waals surface area contributed by atoms with E-state index in [1.54, 1.807) is 17.2 Å². The molecule has 1 aliphatic heterocycles. The maximum absolute atomic E-state index is 13.0. The van der Waals surface area contributed by atoms with Crippen molar-refractivity contribution >= 4 is 16.9 Å². The molecule has 0 N–H and O–H groups in total. The van der Waals surface area contributed by atoms with Gasteiger partial charge >= 0.3 is 0 Å². The van der Waals surface area contributed by atoms with Crippen LogP contribution in [0.5, 0.6) is 0 Å². The predicted octanol–water partition coefficient (Wildman–Crippen LogP) is 2.98. The van der Waals surface area contributed by atoms with Crippen molar-refractivity contribution in [1.29, 1.82) is 0 Å². The lowest BCUT2D eigenvalue weighted by Gasteiger charge is -2.33. The van der Waals surface area contributed by atoms with Gasteiger partial charge in [-0.2, -0.15) is 0 Å². The van der Waals surface area contributed by atoms with Gasteiger partial charge in [-0.3, -0.25) is 4.79 Å². The van der Waals surface area contributed by atoms with Crippen LogP contribution >= 0.6 is 0 Å². The maximum Gasteiger partial charge on any atom is 0.224 e. The summed E-state index contributed by atoms with van der Waals surface area (Å²) in [6, 6.07) is 9.66. The van der Waals surface area contributed by atoms with Gasteiger partial charge in [0, 0.05) is 37.7 Å². The highest BCUT2D eigenvalue weighted by Gasteiger charge is 2.28. The molecular weight excluding hydrogens is 394 g/mol. The van der Waals surface area contributed by atoms with Crippen LogP contribution in [0.1, 0.15) is 36.6 Å². The smallest absolute Gasteiger partial charge is 0.224 e. The highest BCUT2D eigenvalue weighted by Crippen LogP contribution is 2.33. The van der Waals surface area contributed by atoms with Gasteiger partial charge in [0.15, 0.2) is 5.76 Å². The lowest BCUT2D eigenvalue weighted by molar-refractivity contribution is -0.132. The fourth-order valence-corrected chi connectivity index (χ4v) is 4.21. The molecule has 1 saturated heterocycles. The van der Waals surface area contributed by atoms with Crippen molar-refractivity contribution in [1.82, 2.24) is 35.0 Å². The second-order valence-electron chi connectivity index (χ2n) is 7.88.